The summed E-state index contributed by atoms with van der Waals surface area (Å²) in [5.74, 6) is -0.217. The number of rotatable bonds is 6. The monoisotopic (exact) mass is 439 g/mol. The maximum atomic E-state index is 12.3. The summed E-state index contributed by atoms with van der Waals surface area (Å²) in [6, 6.07) is 10.9. The lowest BCUT2D eigenvalue weighted by Gasteiger charge is -2.10. The van der Waals surface area contributed by atoms with E-state index in [2.05, 4.69) is 15.2 Å². The average molecular weight is 440 g/mol. The van der Waals surface area contributed by atoms with E-state index < -0.39 is 10.0 Å². The number of halogens is 2. The van der Waals surface area contributed by atoms with Crippen molar-refractivity contribution >= 4 is 50.5 Å². The number of carbonyl (C=O) groups is 1. The summed E-state index contributed by atoms with van der Waals surface area (Å²) in [4.78, 5) is 12.1. The number of nitrogens with zero attached hydrogens (tertiary/aromatic N) is 1. The van der Waals surface area contributed by atoms with Crippen LogP contribution in [0.3, 0.4) is 0 Å². The van der Waals surface area contributed by atoms with Gasteiger partial charge in [-0.25, -0.2) is 8.42 Å². The smallest absolute Gasteiger partial charge is 0.260 e. The summed E-state index contributed by atoms with van der Waals surface area (Å²) in [6.07, 6.45) is 1.33. The Morgan fingerprint density at radius 2 is 1.75 bits per heavy atom. The van der Waals surface area contributed by atoms with Crippen LogP contribution in [0.15, 0.2) is 53.2 Å². The van der Waals surface area contributed by atoms with Crippen LogP contribution in [-0.4, -0.2) is 19.5 Å². The topological polar surface area (TPSA) is 101 Å². The molecule has 1 amide bonds. The van der Waals surface area contributed by atoms with Gasteiger partial charge in [-0.2, -0.15) is 0 Å². The molecule has 28 heavy (non-hydrogen) atoms. The van der Waals surface area contributed by atoms with E-state index in [1.807, 2.05) is 0 Å². The van der Waals surface area contributed by atoms with Crippen LogP contribution in [-0.2, 0) is 15.8 Å². The SMILES string of the molecule is Cc1oncc1C(=O)Nc1ccc(NS(=O)(=O)Cc2ccc(Cl)c(Cl)c2)cc1. The van der Waals surface area contributed by atoms with Crippen LogP contribution in [0.25, 0.3) is 0 Å². The molecule has 0 spiro atoms. The number of benzene rings is 2. The summed E-state index contributed by atoms with van der Waals surface area (Å²) in [5.41, 5.74) is 1.69. The molecule has 0 aliphatic rings. The van der Waals surface area contributed by atoms with E-state index in [-0.39, 0.29) is 16.7 Å². The van der Waals surface area contributed by atoms with Crippen molar-refractivity contribution in [1.29, 1.82) is 0 Å². The molecule has 2 aromatic carbocycles. The lowest BCUT2D eigenvalue weighted by atomic mass is 10.2. The van der Waals surface area contributed by atoms with Crippen LogP contribution in [0.1, 0.15) is 21.7 Å². The fraction of sp³-hybridized carbons (Fsp3) is 0.111. The van der Waals surface area contributed by atoms with Crippen molar-refractivity contribution < 1.29 is 17.7 Å². The highest BCUT2D eigenvalue weighted by molar-refractivity contribution is 7.91. The van der Waals surface area contributed by atoms with Gasteiger partial charge >= 0.3 is 0 Å². The Hall–Kier alpha value is -2.55. The molecule has 0 saturated carbocycles. The largest absolute Gasteiger partial charge is 0.361 e. The Morgan fingerprint density at radius 1 is 1.07 bits per heavy atom. The van der Waals surface area contributed by atoms with E-state index in [1.165, 1.54) is 12.3 Å². The van der Waals surface area contributed by atoms with Crippen LogP contribution in [0.2, 0.25) is 10.0 Å². The second-order valence-corrected chi connectivity index (χ2v) is 8.47. The Morgan fingerprint density at radius 3 is 2.36 bits per heavy atom. The van der Waals surface area contributed by atoms with Crippen LogP contribution in [0, 0.1) is 6.92 Å². The lowest BCUT2D eigenvalue weighted by Crippen LogP contribution is -2.15. The lowest BCUT2D eigenvalue weighted by molar-refractivity contribution is 0.102. The predicted molar refractivity (Wildman–Crippen MR) is 108 cm³/mol. The molecular formula is C18H15Cl2N3O4S. The first-order valence-electron chi connectivity index (χ1n) is 8.00. The standard InChI is InChI=1S/C18H15Cl2N3O4S/c1-11-15(9-21-27-11)18(24)22-13-3-5-14(6-4-13)23-28(25,26)10-12-2-7-16(19)17(20)8-12/h2-9,23H,10H2,1H3,(H,22,24). The van der Waals surface area contributed by atoms with Crippen molar-refractivity contribution in [1.82, 2.24) is 5.16 Å². The first-order valence-corrected chi connectivity index (χ1v) is 10.4. The minimum atomic E-state index is -3.65. The highest BCUT2D eigenvalue weighted by atomic mass is 35.5. The number of hydrogen-bond acceptors (Lipinski definition) is 5. The Labute approximate surface area is 171 Å². The number of hydrogen-bond donors (Lipinski definition) is 2. The van der Waals surface area contributed by atoms with Crippen molar-refractivity contribution in [2.45, 2.75) is 12.7 Å². The molecule has 1 aromatic heterocycles. The zero-order valence-corrected chi connectivity index (χ0v) is 16.9. The normalized spacial score (nSPS) is 11.2. The summed E-state index contributed by atoms with van der Waals surface area (Å²) < 4.78 is 32.0. The molecule has 0 atom stereocenters. The molecule has 0 aliphatic heterocycles. The van der Waals surface area contributed by atoms with E-state index in [1.54, 1.807) is 43.3 Å². The molecule has 1 heterocycles. The summed E-state index contributed by atoms with van der Waals surface area (Å²) in [5, 5.41) is 6.88. The van der Waals surface area contributed by atoms with Crippen LogP contribution in [0.4, 0.5) is 11.4 Å². The number of nitrogens with one attached hydrogen (secondary N) is 2. The molecule has 3 aromatic rings. The van der Waals surface area contributed by atoms with Gasteiger partial charge in [0.2, 0.25) is 10.0 Å². The van der Waals surface area contributed by atoms with Gasteiger partial charge in [0.05, 0.1) is 22.0 Å². The molecule has 146 valence electrons. The van der Waals surface area contributed by atoms with Crippen LogP contribution >= 0.6 is 23.2 Å². The van der Waals surface area contributed by atoms with Crippen molar-refractivity contribution in [3.05, 3.63) is 75.6 Å². The molecular weight excluding hydrogens is 425 g/mol. The minimum Gasteiger partial charge on any atom is -0.361 e. The van der Waals surface area contributed by atoms with Crippen molar-refractivity contribution in [2.75, 3.05) is 10.0 Å². The first kappa shape index (κ1) is 20.2. The van der Waals surface area contributed by atoms with Gasteiger partial charge in [0.15, 0.2) is 0 Å². The Balaban J connectivity index is 1.65. The van der Waals surface area contributed by atoms with E-state index >= 15 is 0 Å². The van der Waals surface area contributed by atoms with Gasteiger partial charge in [-0.15, -0.1) is 0 Å². The molecule has 0 bridgehead atoms. The maximum Gasteiger partial charge on any atom is 0.260 e. The van der Waals surface area contributed by atoms with E-state index in [0.717, 1.165) is 0 Å². The highest BCUT2D eigenvalue weighted by Gasteiger charge is 2.15. The fourth-order valence-corrected chi connectivity index (χ4v) is 3.91. The van der Waals surface area contributed by atoms with Gasteiger partial charge < -0.3 is 9.84 Å². The third-order valence-corrected chi connectivity index (χ3v) is 5.75. The van der Waals surface area contributed by atoms with Gasteiger partial charge in [-0.1, -0.05) is 34.4 Å². The molecule has 3 rings (SSSR count). The molecule has 2 N–H and O–H groups in total. The van der Waals surface area contributed by atoms with Crippen molar-refractivity contribution in [3.63, 3.8) is 0 Å². The fourth-order valence-electron chi connectivity index (χ4n) is 2.40. The highest BCUT2D eigenvalue weighted by Crippen LogP contribution is 2.24. The van der Waals surface area contributed by atoms with E-state index in [0.29, 0.717) is 33.3 Å². The Bertz CT molecular complexity index is 1110. The predicted octanol–water partition coefficient (Wildman–Crippen LogP) is 4.48. The Kier molecular flexibility index (Phi) is 5.93. The second-order valence-electron chi connectivity index (χ2n) is 5.94. The molecule has 7 nitrogen and oxygen atoms in total. The molecule has 0 saturated heterocycles. The third kappa shape index (κ3) is 5.03. The van der Waals surface area contributed by atoms with Gasteiger partial charge in [0.25, 0.3) is 5.91 Å². The van der Waals surface area contributed by atoms with Crippen LogP contribution < -0.4 is 10.0 Å². The maximum absolute atomic E-state index is 12.3. The first-order chi connectivity index (χ1) is 13.2. The zero-order valence-electron chi connectivity index (χ0n) is 14.6. The molecule has 0 aliphatic carbocycles. The number of anilines is 2. The quantitative estimate of drug-likeness (QED) is 0.589. The van der Waals surface area contributed by atoms with Gasteiger partial charge in [-0.3, -0.25) is 9.52 Å². The minimum absolute atomic E-state index is 0.255. The van der Waals surface area contributed by atoms with Crippen molar-refractivity contribution in [2.24, 2.45) is 0 Å². The van der Waals surface area contributed by atoms with Gasteiger partial charge in [0, 0.05) is 11.4 Å². The second kappa shape index (κ2) is 8.22. The molecule has 0 fully saturated rings. The molecule has 10 heteroatoms. The summed E-state index contributed by atoms with van der Waals surface area (Å²) >= 11 is 11.8. The summed E-state index contributed by atoms with van der Waals surface area (Å²) in [6.45, 7) is 1.63. The van der Waals surface area contributed by atoms with Crippen LogP contribution in [0.5, 0.6) is 0 Å². The summed E-state index contributed by atoms with van der Waals surface area (Å²) in [7, 11) is -3.65. The van der Waals surface area contributed by atoms with Gasteiger partial charge in [0.1, 0.15) is 11.3 Å². The number of sulfonamides is 1. The van der Waals surface area contributed by atoms with Crippen molar-refractivity contribution in [3.8, 4) is 0 Å². The van der Waals surface area contributed by atoms with E-state index in [9.17, 15) is 13.2 Å². The molecule has 0 unspecified atom stereocenters. The number of aryl methyl sites for hydroxylation is 1. The average Bonchev–Trinajstić information content (AvgIpc) is 3.05. The van der Waals surface area contributed by atoms with E-state index in [4.69, 9.17) is 27.7 Å². The third-order valence-electron chi connectivity index (χ3n) is 3.75. The molecule has 0 radical (unpaired) electrons. The van der Waals surface area contributed by atoms with Gasteiger partial charge in [-0.05, 0) is 48.9 Å². The number of carbonyl (C=O) groups excluding carboxylic acids is 1. The number of amides is 1. The number of aromatic nitrogens is 1. The zero-order chi connectivity index (χ0) is 20.3.